The minimum absolute atomic E-state index is 0.139. The van der Waals surface area contributed by atoms with Gasteiger partial charge >= 0.3 is 5.97 Å². The van der Waals surface area contributed by atoms with E-state index in [0.29, 0.717) is 32.8 Å². The van der Waals surface area contributed by atoms with Gasteiger partial charge in [0.05, 0.1) is 32.8 Å². The largest absolute Gasteiger partial charge is 0.463 e. The van der Waals surface area contributed by atoms with Crippen molar-refractivity contribution >= 4 is 5.97 Å². The molecule has 0 N–H and O–H groups in total. The van der Waals surface area contributed by atoms with Crippen LogP contribution in [0.5, 0.6) is 0 Å². The summed E-state index contributed by atoms with van der Waals surface area (Å²) < 4.78 is 20.0. The third kappa shape index (κ3) is 4.04. The normalized spacial score (nSPS) is 28.6. The van der Waals surface area contributed by atoms with E-state index in [0.717, 1.165) is 6.61 Å². The van der Waals surface area contributed by atoms with Gasteiger partial charge in [-0.25, -0.2) is 0 Å². The topological polar surface area (TPSA) is 60.6 Å². The van der Waals surface area contributed by atoms with Gasteiger partial charge in [-0.3, -0.25) is 4.79 Å². The summed E-state index contributed by atoms with van der Waals surface area (Å²) in [4.78, 5) is 11.0. The molecule has 80 valence electrons. The van der Waals surface area contributed by atoms with Gasteiger partial charge in [-0.1, -0.05) is 0 Å². The molecule has 0 spiro atoms. The SMILES string of the molecule is O=C(CCOCC1CO1)OCC1CO1. The second kappa shape index (κ2) is 4.72. The molecule has 0 aromatic carbocycles. The van der Waals surface area contributed by atoms with Crippen LogP contribution in [-0.4, -0.2) is 51.2 Å². The van der Waals surface area contributed by atoms with E-state index in [4.69, 9.17) is 18.9 Å². The minimum Gasteiger partial charge on any atom is -0.463 e. The lowest BCUT2D eigenvalue weighted by Crippen LogP contribution is -2.13. The highest BCUT2D eigenvalue weighted by atomic mass is 16.6. The number of rotatable bonds is 7. The van der Waals surface area contributed by atoms with E-state index in [-0.39, 0.29) is 18.2 Å². The van der Waals surface area contributed by atoms with Crippen LogP contribution in [0.15, 0.2) is 0 Å². The summed E-state index contributed by atoms with van der Waals surface area (Å²) in [5, 5.41) is 0. The summed E-state index contributed by atoms with van der Waals surface area (Å²) in [5.74, 6) is -0.225. The first-order chi connectivity index (χ1) is 6.84. The van der Waals surface area contributed by atoms with Crippen LogP contribution in [0.25, 0.3) is 0 Å². The molecule has 2 unspecified atom stereocenters. The minimum atomic E-state index is -0.225. The number of hydrogen-bond donors (Lipinski definition) is 0. The van der Waals surface area contributed by atoms with Gasteiger partial charge in [0.1, 0.15) is 18.8 Å². The van der Waals surface area contributed by atoms with Crippen LogP contribution in [0.1, 0.15) is 6.42 Å². The number of hydrogen-bond acceptors (Lipinski definition) is 5. The summed E-state index contributed by atoms with van der Waals surface area (Å²) in [6.45, 7) is 2.86. The van der Waals surface area contributed by atoms with Crippen molar-refractivity contribution in [3.8, 4) is 0 Å². The molecule has 0 bridgehead atoms. The first-order valence-corrected chi connectivity index (χ1v) is 4.81. The second-order valence-electron chi connectivity index (χ2n) is 3.42. The molecule has 0 aliphatic carbocycles. The Morgan fingerprint density at radius 3 is 2.50 bits per heavy atom. The van der Waals surface area contributed by atoms with Gasteiger partial charge in [0.15, 0.2) is 0 Å². The summed E-state index contributed by atoms with van der Waals surface area (Å²) in [7, 11) is 0. The molecule has 5 nitrogen and oxygen atoms in total. The molecule has 2 aliphatic rings. The Balaban J connectivity index is 1.40. The Morgan fingerprint density at radius 2 is 1.86 bits per heavy atom. The quantitative estimate of drug-likeness (QED) is 0.323. The highest BCUT2D eigenvalue weighted by molar-refractivity contribution is 5.69. The molecule has 2 fully saturated rings. The van der Waals surface area contributed by atoms with Gasteiger partial charge in [0.25, 0.3) is 0 Å². The number of carbonyl (C=O) groups excluding carboxylic acids is 1. The standard InChI is InChI=1S/C9H14O5/c10-9(14-6-8-5-13-8)1-2-11-3-7-4-12-7/h7-8H,1-6H2. The number of ether oxygens (including phenoxy) is 4. The van der Waals surface area contributed by atoms with Crippen LogP contribution in [0.3, 0.4) is 0 Å². The summed E-state index contributed by atoms with van der Waals surface area (Å²) in [6.07, 6.45) is 0.699. The van der Waals surface area contributed by atoms with Crippen molar-refractivity contribution in [3.05, 3.63) is 0 Å². The summed E-state index contributed by atoms with van der Waals surface area (Å²) >= 11 is 0. The zero-order valence-corrected chi connectivity index (χ0v) is 7.94. The van der Waals surface area contributed by atoms with E-state index in [1.165, 1.54) is 0 Å². The van der Waals surface area contributed by atoms with Gasteiger partial charge in [0.2, 0.25) is 0 Å². The van der Waals surface area contributed by atoms with E-state index < -0.39 is 0 Å². The average Bonchev–Trinajstić information content (AvgIpc) is 3.02. The molecule has 0 radical (unpaired) electrons. The van der Waals surface area contributed by atoms with E-state index in [1.807, 2.05) is 0 Å². The number of epoxide rings is 2. The van der Waals surface area contributed by atoms with Crippen molar-refractivity contribution in [2.45, 2.75) is 18.6 Å². The number of esters is 1. The van der Waals surface area contributed by atoms with Crippen LogP contribution in [0.2, 0.25) is 0 Å². The Morgan fingerprint density at radius 1 is 1.21 bits per heavy atom. The van der Waals surface area contributed by atoms with E-state index in [9.17, 15) is 4.79 Å². The summed E-state index contributed by atoms with van der Waals surface area (Å²) in [5.41, 5.74) is 0. The molecule has 0 aromatic rings. The van der Waals surface area contributed by atoms with Crippen LogP contribution in [0, 0.1) is 0 Å². The lowest BCUT2D eigenvalue weighted by atomic mass is 10.4. The van der Waals surface area contributed by atoms with Gasteiger partial charge in [-0.15, -0.1) is 0 Å². The molecular formula is C9H14O5. The molecule has 2 aliphatic heterocycles. The van der Waals surface area contributed by atoms with Gasteiger partial charge in [-0.2, -0.15) is 0 Å². The first kappa shape index (κ1) is 9.89. The van der Waals surface area contributed by atoms with E-state index >= 15 is 0 Å². The third-order valence-corrected chi connectivity index (χ3v) is 1.99. The average molecular weight is 202 g/mol. The Labute approximate surface area is 82.3 Å². The maximum Gasteiger partial charge on any atom is 0.308 e. The van der Waals surface area contributed by atoms with Crippen LogP contribution >= 0.6 is 0 Å². The van der Waals surface area contributed by atoms with Crippen molar-refractivity contribution in [1.82, 2.24) is 0 Å². The third-order valence-electron chi connectivity index (χ3n) is 1.99. The molecule has 2 saturated heterocycles. The molecule has 0 aromatic heterocycles. The Kier molecular flexibility index (Phi) is 3.34. The van der Waals surface area contributed by atoms with Crippen molar-refractivity contribution in [1.29, 1.82) is 0 Å². The molecule has 14 heavy (non-hydrogen) atoms. The highest BCUT2D eigenvalue weighted by Gasteiger charge is 2.24. The van der Waals surface area contributed by atoms with Crippen LogP contribution in [-0.2, 0) is 23.7 Å². The predicted molar refractivity (Wildman–Crippen MR) is 45.9 cm³/mol. The fraction of sp³-hybridized carbons (Fsp3) is 0.889. The van der Waals surface area contributed by atoms with Crippen LogP contribution < -0.4 is 0 Å². The van der Waals surface area contributed by atoms with Gasteiger partial charge < -0.3 is 18.9 Å². The maximum absolute atomic E-state index is 11.0. The second-order valence-corrected chi connectivity index (χ2v) is 3.42. The Hall–Kier alpha value is -0.650. The van der Waals surface area contributed by atoms with Crippen molar-refractivity contribution in [2.75, 3.05) is 33.0 Å². The molecule has 0 amide bonds. The smallest absolute Gasteiger partial charge is 0.308 e. The van der Waals surface area contributed by atoms with Crippen molar-refractivity contribution in [3.63, 3.8) is 0 Å². The monoisotopic (exact) mass is 202 g/mol. The van der Waals surface area contributed by atoms with Crippen molar-refractivity contribution < 1.29 is 23.7 Å². The van der Waals surface area contributed by atoms with E-state index in [1.54, 1.807) is 0 Å². The summed E-state index contributed by atoms with van der Waals surface area (Å²) in [6, 6.07) is 0. The molecule has 0 saturated carbocycles. The van der Waals surface area contributed by atoms with Crippen molar-refractivity contribution in [2.24, 2.45) is 0 Å². The van der Waals surface area contributed by atoms with Crippen LogP contribution in [0.4, 0.5) is 0 Å². The zero-order valence-electron chi connectivity index (χ0n) is 7.94. The fourth-order valence-corrected chi connectivity index (χ4v) is 0.957. The molecule has 2 heterocycles. The lowest BCUT2D eigenvalue weighted by molar-refractivity contribution is -0.145. The van der Waals surface area contributed by atoms with Gasteiger partial charge in [0, 0.05) is 0 Å². The first-order valence-electron chi connectivity index (χ1n) is 4.81. The van der Waals surface area contributed by atoms with Gasteiger partial charge in [-0.05, 0) is 0 Å². The zero-order chi connectivity index (χ0) is 9.80. The fourth-order valence-electron chi connectivity index (χ4n) is 0.957. The highest BCUT2D eigenvalue weighted by Crippen LogP contribution is 2.10. The molecular weight excluding hydrogens is 188 g/mol. The predicted octanol–water partition coefficient (Wildman–Crippen LogP) is -0.266. The molecule has 5 heteroatoms. The Bertz CT molecular complexity index is 197. The molecule has 2 atom stereocenters. The lowest BCUT2D eigenvalue weighted by Gasteiger charge is -2.02. The van der Waals surface area contributed by atoms with E-state index in [2.05, 4.69) is 0 Å². The number of carbonyl (C=O) groups is 1. The molecule has 2 rings (SSSR count). The maximum atomic E-state index is 11.0.